The summed E-state index contributed by atoms with van der Waals surface area (Å²) in [6, 6.07) is 9.27. The zero-order valence-electron chi connectivity index (χ0n) is 15.5. The van der Waals surface area contributed by atoms with Crippen LogP contribution in [0, 0.1) is 0 Å². The summed E-state index contributed by atoms with van der Waals surface area (Å²) in [6.45, 7) is 2.80. The minimum atomic E-state index is -0.151. The summed E-state index contributed by atoms with van der Waals surface area (Å²) in [5.74, 6) is 0.542. The lowest BCUT2D eigenvalue weighted by atomic mass is 10.2. The first-order valence-corrected chi connectivity index (χ1v) is 11.2. The molecule has 0 radical (unpaired) electrons. The topological polar surface area (TPSA) is 72.1 Å². The van der Waals surface area contributed by atoms with E-state index in [0.29, 0.717) is 34.6 Å². The summed E-state index contributed by atoms with van der Waals surface area (Å²) in [4.78, 5) is 19.2. The highest BCUT2D eigenvalue weighted by Gasteiger charge is 2.22. The molecule has 0 aliphatic carbocycles. The smallest absolute Gasteiger partial charge is 0.273 e. The third-order valence-corrected chi connectivity index (χ3v) is 6.07. The summed E-state index contributed by atoms with van der Waals surface area (Å²) in [7, 11) is 0. The maximum Gasteiger partial charge on any atom is 0.273 e. The van der Waals surface area contributed by atoms with Crippen molar-refractivity contribution in [2.24, 2.45) is 0 Å². The Hall–Kier alpha value is -2.55. The molecule has 29 heavy (non-hydrogen) atoms. The van der Waals surface area contributed by atoms with Crippen LogP contribution in [0.1, 0.15) is 29.7 Å². The van der Waals surface area contributed by atoms with Crippen LogP contribution in [0.4, 0.5) is 0 Å². The fourth-order valence-electron chi connectivity index (χ4n) is 2.80. The normalized spacial score (nSPS) is 11.0. The molecule has 4 rings (SSSR count). The first-order chi connectivity index (χ1) is 14.2. The quantitative estimate of drug-likeness (QED) is 0.369. The van der Waals surface area contributed by atoms with Crippen molar-refractivity contribution in [1.82, 2.24) is 20.1 Å². The molecule has 1 amide bonds. The van der Waals surface area contributed by atoms with Gasteiger partial charge in [0.25, 0.3) is 5.91 Å². The monoisotopic (exact) mass is 444 g/mol. The Morgan fingerprint density at radius 3 is 2.83 bits per heavy atom. The molecule has 0 aliphatic heterocycles. The van der Waals surface area contributed by atoms with Crippen molar-refractivity contribution < 1.29 is 9.21 Å². The number of thiazole rings is 1. The van der Waals surface area contributed by atoms with Crippen molar-refractivity contribution in [1.29, 1.82) is 0 Å². The van der Waals surface area contributed by atoms with Crippen molar-refractivity contribution in [2.75, 3.05) is 6.54 Å². The second-order valence-corrected chi connectivity index (χ2v) is 8.30. The molecular formula is C20H17ClN4O2S2. The lowest BCUT2D eigenvalue weighted by Crippen LogP contribution is -2.31. The standard InChI is InChI=1S/C20H17ClN4O2S2/c1-2-8-25(20(26)16-12-29-19(22-16)13-7-9-28-11-13)10-17-23-24-18(27-17)14-5-3-4-6-15(14)21/h3-7,9,11-12H,2,8,10H2,1H3. The van der Waals surface area contributed by atoms with Crippen LogP contribution in [0.2, 0.25) is 5.02 Å². The molecule has 148 valence electrons. The van der Waals surface area contributed by atoms with E-state index in [4.69, 9.17) is 16.0 Å². The van der Waals surface area contributed by atoms with E-state index in [1.54, 1.807) is 27.7 Å². The Balaban J connectivity index is 1.52. The molecule has 3 heterocycles. The number of carbonyl (C=O) groups is 1. The van der Waals surface area contributed by atoms with E-state index in [1.165, 1.54) is 11.3 Å². The maximum atomic E-state index is 13.0. The number of halogens is 1. The van der Waals surface area contributed by atoms with Gasteiger partial charge in [-0.3, -0.25) is 4.79 Å². The number of hydrogen-bond acceptors (Lipinski definition) is 7. The lowest BCUT2D eigenvalue weighted by Gasteiger charge is -2.19. The van der Waals surface area contributed by atoms with Crippen LogP contribution in [-0.4, -0.2) is 32.5 Å². The van der Waals surface area contributed by atoms with Crippen molar-refractivity contribution in [3.8, 4) is 22.0 Å². The van der Waals surface area contributed by atoms with Crippen LogP contribution < -0.4 is 0 Å². The molecule has 0 fully saturated rings. The Kier molecular flexibility index (Phi) is 6.03. The van der Waals surface area contributed by atoms with Crippen molar-refractivity contribution >= 4 is 40.2 Å². The first kappa shape index (κ1) is 19.8. The number of nitrogens with zero attached hydrogens (tertiary/aromatic N) is 4. The summed E-state index contributed by atoms with van der Waals surface area (Å²) in [5.41, 5.74) is 2.12. The highest BCUT2D eigenvalue weighted by molar-refractivity contribution is 7.14. The number of thiophene rings is 1. The van der Waals surface area contributed by atoms with Crippen molar-refractivity contribution in [2.45, 2.75) is 19.9 Å². The second-order valence-electron chi connectivity index (χ2n) is 6.26. The fraction of sp³-hybridized carbons (Fsp3) is 0.200. The van der Waals surface area contributed by atoms with Crippen molar-refractivity contribution in [3.05, 3.63) is 63.1 Å². The van der Waals surface area contributed by atoms with E-state index in [-0.39, 0.29) is 12.5 Å². The van der Waals surface area contributed by atoms with Crippen LogP contribution in [0.15, 0.2) is 50.9 Å². The number of hydrogen-bond donors (Lipinski definition) is 0. The van der Waals surface area contributed by atoms with Crippen LogP contribution in [-0.2, 0) is 6.54 Å². The molecule has 1 aromatic carbocycles. The third kappa shape index (κ3) is 4.39. The van der Waals surface area contributed by atoms with Crippen LogP contribution in [0.25, 0.3) is 22.0 Å². The van der Waals surface area contributed by atoms with Gasteiger partial charge in [0.05, 0.1) is 17.1 Å². The van der Waals surface area contributed by atoms with Gasteiger partial charge in [0, 0.05) is 22.9 Å². The molecule has 9 heteroatoms. The Bertz CT molecular complexity index is 1110. The van der Waals surface area contributed by atoms with Gasteiger partial charge in [0.2, 0.25) is 11.8 Å². The Morgan fingerprint density at radius 1 is 1.21 bits per heavy atom. The predicted molar refractivity (Wildman–Crippen MR) is 115 cm³/mol. The molecule has 6 nitrogen and oxygen atoms in total. The van der Waals surface area contributed by atoms with E-state index >= 15 is 0 Å². The van der Waals surface area contributed by atoms with Crippen molar-refractivity contribution in [3.63, 3.8) is 0 Å². The molecule has 0 saturated heterocycles. The molecular weight excluding hydrogens is 428 g/mol. The van der Waals surface area contributed by atoms with Gasteiger partial charge >= 0.3 is 0 Å². The van der Waals surface area contributed by atoms with Gasteiger partial charge in [-0.2, -0.15) is 11.3 Å². The Morgan fingerprint density at radius 2 is 2.07 bits per heavy atom. The minimum absolute atomic E-state index is 0.151. The summed E-state index contributed by atoms with van der Waals surface area (Å²) in [6.07, 6.45) is 0.804. The zero-order chi connectivity index (χ0) is 20.2. The molecule has 0 spiro atoms. The van der Waals surface area contributed by atoms with Gasteiger partial charge in [-0.15, -0.1) is 21.5 Å². The highest BCUT2D eigenvalue weighted by atomic mass is 35.5. The van der Waals surface area contributed by atoms with Gasteiger partial charge in [0.1, 0.15) is 10.7 Å². The predicted octanol–water partition coefficient (Wildman–Crippen LogP) is 5.63. The number of rotatable bonds is 7. The zero-order valence-corrected chi connectivity index (χ0v) is 17.9. The number of aromatic nitrogens is 3. The largest absolute Gasteiger partial charge is 0.419 e. The summed E-state index contributed by atoms with van der Waals surface area (Å²) < 4.78 is 5.76. The second kappa shape index (κ2) is 8.86. The molecule has 0 bridgehead atoms. The third-order valence-electron chi connectivity index (χ3n) is 4.17. The van der Waals surface area contributed by atoms with E-state index in [2.05, 4.69) is 15.2 Å². The number of benzene rings is 1. The molecule has 3 aromatic heterocycles. The first-order valence-electron chi connectivity index (χ1n) is 9.00. The van der Waals surface area contributed by atoms with E-state index < -0.39 is 0 Å². The molecule has 0 N–H and O–H groups in total. The van der Waals surface area contributed by atoms with Gasteiger partial charge < -0.3 is 9.32 Å². The molecule has 0 unspecified atom stereocenters. The van der Waals surface area contributed by atoms with Gasteiger partial charge in [-0.05, 0) is 30.0 Å². The maximum absolute atomic E-state index is 13.0. The molecule has 0 aliphatic rings. The van der Waals surface area contributed by atoms with E-state index in [0.717, 1.165) is 17.0 Å². The average molecular weight is 445 g/mol. The van der Waals surface area contributed by atoms with Gasteiger partial charge in [-0.1, -0.05) is 30.7 Å². The van der Waals surface area contributed by atoms with Crippen LogP contribution in [0.3, 0.4) is 0 Å². The van der Waals surface area contributed by atoms with Crippen LogP contribution >= 0.6 is 34.3 Å². The van der Waals surface area contributed by atoms with Gasteiger partial charge in [0.15, 0.2) is 0 Å². The molecule has 4 aromatic rings. The Labute approximate surface area is 180 Å². The number of carbonyl (C=O) groups excluding carboxylic acids is 1. The lowest BCUT2D eigenvalue weighted by molar-refractivity contribution is 0.0723. The van der Waals surface area contributed by atoms with Crippen LogP contribution in [0.5, 0.6) is 0 Å². The van der Waals surface area contributed by atoms with Gasteiger partial charge in [-0.25, -0.2) is 4.98 Å². The minimum Gasteiger partial charge on any atom is -0.419 e. The van der Waals surface area contributed by atoms with E-state index in [1.807, 2.05) is 41.9 Å². The highest BCUT2D eigenvalue weighted by Crippen LogP contribution is 2.28. The summed E-state index contributed by atoms with van der Waals surface area (Å²) in [5, 5.41) is 15.3. The SMILES string of the molecule is CCCN(Cc1nnc(-c2ccccc2Cl)o1)C(=O)c1csc(-c2ccsc2)n1. The summed E-state index contributed by atoms with van der Waals surface area (Å²) >= 11 is 9.27. The average Bonchev–Trinajstić information content (AvgIpc) is 3.48. The van der Waals surface area contributed by atoms with E-state index in [9.17, 15) is 4.79 Å². The molecule has 0 atom stereocenters. The fourth-order valence-corrected chi connectivity index (χ4v) is 4.52. The molecule has 0 saturated carbocycles. The number of amides is 1.